The van der Waals surface area contributed by atoms with Gasteiger partial charge in [-0.3, -0.25) is 4.79 Å². The fraction of sp³-hybridized carbons (Fsp3) is 0.200. The molecule has 0 aliphatic carbocycles. The lowest BCUT2D eigenvalue weighted by atomic mass is 10.2. The van der Waals surface area contributed by atoms with Crippen molar-refractivity contribution in [2.45, 2.75) is 19.9 Å². The average molecular weight is 418 g/mol. The van der Waals surface area contributed by atoms with Gasteiger partial charge in [0.15, 0.2) is 5.75 Å². The molecule has 0 saturated carbocycles. The molecular weight excluding hydrogens is 390 g/mol. The third-order valence-corrected chi connectivity index (χ3v) is 4.65. The van der Waals surface area contributed by atoms with Gasteiger partial charge in [-0.15, -0.1) is 0 Å². The highest BCUT2D eigenvalue weighted by Crippen LogP contribution is 2.29. The van der Waals surface area contributed by atoms with Crippen molar-refractivity contribution in [2.24, 2.45) is 0 Å². The molecule has 0 spiro atoms. The largest absolute Gasteiger partial charge is 0.455 e. The molecule has 160 valence electrons. The number of ether oxygens (including phenoxy) is 1. The fourth-order valence-electron chi connectivity index (χ4n) is 2.95. The standard InChI is InChI=1S/C25H27N3O3/c1-19-12-14-21(15-13-19)31-23-11-7-6-10-22(23)27-24(29)16-17-26-25(30)28(2)18-20-8-4-3-5-9-20/h3-15H,16-18H2,1-2H3,(H,26,30)(H,27,29). The number of aryl methyl sites for hydroxylation is 1. The monoisotopic (exact) mass is 417 g/mol. The van der Waals surface area contributed by atoms with Crippen LogP contribution in [0.1, 0.15) is 17.5 Å². The van der Waals surface area contributed by atoms with Crippen molar-refractivity contribution in [1.29, 1.82) is 0 Å². The van der Waals surface area contributed by atoms with Crippen molar-refractivity contribution < 1.29 is 14.3 Å². The first-order chi connectivity index (χ1) is 15.0. The number of hydrogen-bond acceptors (Lipinski definition) is 3. The van der Waals surface area contributed by atoms with Gasteiger partial charge in [0.05, 0.1) is 5.69 Å². The number of rotatable bonds is 8. The van der Waals surface area contributed by atoms with Crippen molar-refractivity contribution in [3.8, 4) is 11.5 Å². The summed E-state index contributed by atoms with van der Waals surface area (Å²) in [6.07, 6.45) is 0.157. The summed E-state index contributed by atoms with van der Waals surface area (Å²) in [4.78, 5) is 26.2. The van der Waals surface area contributed by atoms with E-state index in [9.17, 15) is 9.59 Å². The molecule has 0 aromatic heterocycles. The number of urea groups is 1. The Morgan fingerprint density at radius 1 is 0.903 bits per heavy atom. The van der Waals surface area contributed by atoms with Gasteiger partial charge >= 0.3 is 6.03 Å². The number of hydrogen-bond donors (Lipinski definition) is 2. The first-order valence-corrected chi connectivity index (χ1v) is 10.2. The minimum Gasteiger partial charge on any atom is -0.455 e. The van der Waals surface area contributed by atoms with Gasteiger partial charge in [0.2, 0.25) is 5.91 Å². The number of nitrogens with zero attached hydrogens (tertiary/aromatic N) is 1. The Morgan fingerprint density at radius 3 is 2.32 bits per heavy atom. The molecule has 0 aliphatic rings. The van der Waals surface area contributed by atoms with Gasteiger partial charge in [-0.1, -0.05) is 60.2 Å². The summed E-state index contributed by atoms with van der Waals surface area (Å²) in [5.41, 5.74) is 2.77. The van der Waals surface area contributed by atoms with E-state index in [1.165, 1.54) is 0 Å². The quantitative estimate of drug-likeness (QED) is 0.544. The molecule has 0 bridgehead atoms. The Balaban J connectivity index is 1.47. The number of anilines is 1. The molecule has 0 fully saturated rings. The van der Waals surface area contributed by atoms with E-state index < -0.39 is 0 Å². The van der Waals surface area contributed by atoms with E-state index in [1.807, 2.05) is 73.7 Å². The summed E-state index contributed by atoms with van der Waals surface area (Å²) in [5, 5.41) is 5.63. The highest BCUT2D eigenvalue weighted by Gasteiger charge is 2.11. The summed E-state index contributed by atoms with van der Waals surface area (Å²) in [5.74, 6) is 1.05. The SMILES string of the molecule is Cc1ccc(Oc2ccccc2NC(=O)CCNC(=O)N(C)Cc2ccccc2)cc1. The third-order valence-electron chi connectivity index (χ3n) is 4.65. The smallest absolute Gasteiger partial charge is 0.317 e. The Hall–Kier alpha value is -3.80. The highest BCUT2D eigenvalue weighted by atomic mass is 16.5. The third kappa shape index (κ3) is 6.89. The lowest BCUT2D eigenvalue weighted by Crippen LogP contribution is -2.38. The minimum atomic E-state index is -0.222. The zero-order valence-electron chi connectivity index (χ0n) is 17.8. The van der Waals surface area contributed by atoms with E-state index in [-0.39, 0.29) is 24.9 Å². The molecule has 3 aromatic rings. The molecule has 3 aromatic carbocycles. The molecule has 0 unspecified atom stereocenters. The summed E-state index contributed by atoms with van der Waals surface area (Å²) < 4.78 is 5.90. The van der Waals surface area contributed by atoms with Crippen molar-refractivity contribution in [3.63, 3.8) is 0 Å². The number of nitrogens with one attached hydrogen (secondary N) is 2. The first kappa shape index (κ1) is 21.9. The van der Waals surface area contributed by atoms with E-state index in [2.05, 4.69) is 10.6 Å². The first-order valence-electron chi connectivity index (χ1n) is 10.2. The van der Waals surface area contributed by atoms with Crippen LogP contribution in [0, 0.1) is 6.92 Å². The van der Waals surface area contributed by atoms with Gasteiger partial charge in [0, 0.05) is 26.6 Å². The predicted molar refractivity (Wildman–Crippen MR) is 122 cm³/mol. The number of amides is 3. The Morgan fingerprint density at radius 2 is 1.58 bits per heavy atom. The summed E-state index contributed by atoms with van der Waals surface area (Å²) >= 11 is 0. The number of carbonyl (C=O) groups is 2. The lowest BCUT2D eigenvalue weighted by molar-refractivity contribution is -0.116. The molecule has 6 nitrogen and oxygen atoms in total. The van der Waals surface area contributed by atoms with Crippen molar-refractivity contribution >= 4 is 17.6 Å². The molecule has 0 radical (unpaired) electrons. The zero-order valence-corrected chi connectivity index (χ0v) is 17.8. The van der Waals surface area contributed by atoms with Gasteiger partial charge in [-0.2, -0.15) is 0 Å². The van der Waals surface area contributed by atoms with E-state index in [0.29, 0.717) is 23.7 Å². The topological polar surface area (TPSA) is 70.7 Å². The maximum atomic E-state index is 12.4. The molecular formula is C25H27N3O3. The molecule has 3 rings (SSSR count). The normalized spacial score (nSPS) is 10.3. The van der Waals surface area contributed by atoms with Gasteiger partial charge in [-0.05, 0) is 36.8 Å². The Bertz CT molecular complexity index is 1000. The summed E-state index contributed by atoms with van der Waals surface area (Å²) in [6.45, 7) is 2.75. The van der Waals surface area contributed by atoms with Gasteiger partial charge in [0.1, 0.15) is 5.75 Å². The second kappa shape index (κ2) is 10.8. The number of benzene rings is 3. The van der Waals surface area contributed by atoms with E-state index >= 15 is 0 Å². The van der Waals surface area contributed by atoms with Crippen molar-refractivity contribution in [3.05, 3.63) is 90.0 Å². The number of para-hydroxylation sites is 2. The number of carbonyl (C=O) groups excluding carboxylic acids is 2. The molecule has 0 aliphatic heterocycles. The fourth-order valence-corrected chi connectivity index (χ4v) is 2.95. The maximum absolute atomic E-state index is 12.4. The minimum absolute atomic E-state index is 0.157. The molecule has 0 saturated heterocycles. The van der Waals surface area contributed by atoms with Crippen LogP contribution in [0.3, 0.4) is 0 Å². The summed E-state index contributed by atoms with van der Waals surface area (Å²) in [7, 11) is 1.72. The van der Waals surface area contributed by atoms with Crippen LogP contribution in [-0.4, -0.2) is 30.4 Å². The molecule has 6 heteroatoms. The second-order valence-corrected chi connectivity index (χ2v) is 7.28. The van der Waals surface area contributed by atoms with Gasteiger partial charge in [0.25, 0.3) is 0 Å². The average Bonchev–Trinajstić information content (AvgIpc) is 2.77. The highest BCUT2D eigenvalue weighted by molar-refractivity contribution is 5.92. The van der Waals surface area contributed by atoms with Crippen LogP contribution in [-0.2, 0) is 11.3 Å². The summed E-state index contributed by atoms with van der Waals surface area (Å²) in [6, 6.07) is 24.5. The lowest BCUT2D eigenvalue weighted by Gasteiger charge is -2.18. The van der Waals surface area contributed by atoms with Crippen molar-refractivity contribution in [1.82, 2.24) is 10.2 Å². The van der Waals surface area contributed by atoms with E-state index in [4.69, 9.17) is 4.74 Å². The van der Waals surface area contributed by atoms with E-state index in [1.54, 1.807) is 24.1 Å². The van der Waals surface area contributed by atoms with Crippen LogP contribution in [0.5, 0.6) is 11.5 Å². The van der Waals surface area contributed by atoms with Crippen LogP contribution in [0.25, 0.3) is 0 Å². The van der Waals surface area contributed by atoms with Crippen LogP contribution in [0.15, 0.2) is 78.9 Å². The zero-order chi connectivity index (χ0) is 22.1. The van der Waals surface area contributed by atoms with Crippen LogP contribution in [0.2, 0.25) is 0 Å². The van der Waals surface area contributed by atoms with Gasteiger partial charge < -0.3 is 20.3 Å². The van der Waals surface area contributed by atoms with Crippen LogP contribution in [0.4, 0.5) is 10.5 Å². The Labute approximate surface area is 182 Å². The molecule has 0 heterocycles. The molecule has 0 atom stereocenters. The Kier molecular flexibility index (Phi) is 7.65. The van der Waals surface area contributed by atoms with Crippen LogP contribution >= 0.6 is 0 Å². The maximum Gasteiger partial charge on any atom is 0.317 e. The molecule has 3 amide bonds. The molecule has 2 N–H and O–H groups in total. The van der Waals surface area contributed by atoms with Gasteiger partial charge in [-0.25, -0.2) is 4.79 Å². The predicted octanol–water partition coefficient (Wildman–Crippen LogP) is 4.96. The van der Waals surface area contributed by atoms with Crippen LogP contribution < -0.4 is 15.4 Å². The second-order valence-electron chi connectivity index (χ2n) is 7.28. The van der Waals surface area contributed by atoms with E-state index in [0.717, 1.165) is 11.1 Å². The van der Waals surface area contributed by atoms with Crippen molar-refractivity contribution in [2.75, 3.05) is 18.9 Å². The molecule has 31 heavy (non-hydrogen) atoms.